The van der Waals surface area contributed by atoms with Gasteiger partial charge in [0.2, 0.25) is 0 Å². The average Bonchev–Trinajstić information content (AvgIpc) is 2.65. The third-order valence-electron chi connectivity index (χ3n) is 3.71. The fourth-order valence-corrected chi connectivity index (χ4v) is 2.59. The number of amides is 1. The lowest BCUT2D eigenvalue weighted by molar-refractivity contribution is -0.123. The van der Waals surface area contributed by atoms with Crippen molar-refractivity contribution in [3.8, 4) is 11.5 Å². The second-order valence-electron chi connectivity index (χ2n) is 5.78. The fourth-order valence-electron chi connectivity index (χ4n) is 2.59. The van der Waals surface area contributed by atoms with E-state index in [9.17, 15) is 4.79 Å². The Labute approximate surface area is 154 Å². The standard InChI is InChI=1S/C20H24N2O4/c1-15(2)22(17-10-6-5-7-11-17)19(23)14-26-21-13-16-9-8-12-18(24-3)20(16)25-4/h5-13,15H,14H2,1-4H3/b21-13-. The van der Waals surface area contributed by atoms with Gasteiger partial charge in [0.15, 0.2) is 18.1 Å². The Kier molecular flexibility index (Phi) is 7.02. The van der Waals surface area contributed by atoms with E-state index in [1.165, 1.54) is 6.21 Å². The number of nitrogens with zero attached hydrogens (tertiary/aromatic N) is 2. The first-order chi connectivity index (χ1) is 12.6. The van der Waals surface area contributed by atoms with Crippen molar-refractivity contribution in [1.82, 2.24) is 0 Å². The van der Waals surface area contributed by atoms with E-state index >= 15 is 0 Å². The maximum Gasteiger partial charge on any atom is 0.267 e. The van der Waals surface area contributed by atoms with Gasteiger partial charge in [-0.2, -0.15) is 0 Å². The van der Waals surface area contributed by atoms with Crippen molar-refractivity contribution < 1.29 is 19.1 Å². The van der Waals surface area contributed by atoms with Crippen molar-refractivity contribution in [3.05, 3.63) is 54.1 Å². The van der Waals surface area contributed by atoms with Gasteiger partial charge in [-0.3, -0.25) is 4.79 Å². The maximum atomic E-state index is 12.5. The Bertz CT molecular complexity index is 745. The molecule has 26 heavy (non-hydrogen) atoms. The lowest BCUT2D eigenvalue weighted by Crippen LogP contribution is -2.39. The predicted octanol–water partition coefficient (Wildman–Crippen LogP) is 3.50. The Morgan fingerprint density at radius 1 is 1.08 bits per heavy atom. The molecule has 0 aromatic heterocycles. The number of methoxy groups -OCH3 is 2. The summed E-state index contributed by atoms with van der Waals surface area (Å²) in [5.74, 6) is 0.991. The van der Waals surface area contributed by atoms with Crippen molar-refractivity contribution in [3.63, 3.8) is 0 Å². The van der Waals surface area contributed by atoms with Crippen molar-refractivity contribution >= 4 is 17.8 Å². The highest BCUT2D eigenvalue weighted by Crippen LogP contribution is 2.29. The van der Waals surface area contributed by atoms with Crippen LogP contribution in [0.1, 0.15) is 19.4 Å². The number of rotatable bonds is 8. The molecule has 0 bridgehead atoms. The van der Waals surface area contributed by atoms with Gasteiger partial charge in [0.05, 0.1) is 20.4 Å². The van der Waals surface area contributed by atoms with E-state index in [2.05, 4.69) is 5.16 Å². The molecule has 6 nitrogen and oxygen atoms in total. The SMILES string of the molecule is COc1cccc(/C=N\OCC(=O)N(c2ccccc2)C(C)C)c1OC. The highest BCUT2D eigenvalue weighted by Gasteiger charge is 2.19. The van der Waals surface area contributed by atoms with Gasteiger partial charge in [-0.1, -0.05) is 29.4 Å². The molecule has 0 saturated carbocycles. The molecule has 0 unspecified atom stereocenters. The first-order valence-corrected chi connectivity index (χ1v) is 8.32. The number of oxime groups is 1. The number of hydrogen-bond acceptors (Lipinski definition) is 5. The van der Waals surface area contributed by atoms with Crippen LogP contribution in [0, 0.1) is 0 Å². The molecular formula is C20H24N2O4. The molecular weight excluding hydrogens is 332 g/mol. The molecule has 2 aromatic carbocycles. The topological polar surface area (TPSA) is 60.4 Å². The summed E-state index contributed by atoms with van der Waals surface area (Å²) in [6, 6.07) is 14.9. The molecule has 0 N–H and O–H groups in total. The van der Waals surface area contributed by atoms with E-state index in [0.29, 0.717) is 17.1 Å². The second-order valence-corrected chi connectivity index (χ2v) is 5.78. The molecule has 1 amide bonds. The van der Waals surface area contributed by atoms with Gasteiger partial charge in [-0.15, -0.1) is 0 Å². The molecule has 0 fully saturated rings. The van der Waals surface area contributed by atoms with Gasteiger partial charge in [0.25, 0.3) is 5.91 Å². The van der Waals surface area contributed by atoms with Gasteiger partial charge < -0.3 is 19.2 Å². The molecule has 0 spiro atoms. The Hall–Kier alpha value is -3.02. The molecule has 0 atom stereocenters. The van der Waals surface area contributed by atoms with Crippen LogP contribution in [0.2, 0.25) is 0 Å². The number of hydrogen-bond donors (Lipinski definition) is 0. The van der Waals surface area contributed by atoms with Crippen molar-refractivity contribution in [1.29, 1.82) is 0 Å². The van der Waals surface area contributed by atoms with Crippen molar-refractivity contribution in [2.45, 2.75) is 19.9 Å². The Balaban J connectivity index is 2.02. The number of para-hydroxylation sites is 2. The van der Waals surface area contributed by atoms with Crippen LogP contribution in [0.4, 0.5) is 5.69 Å². The summed E-state index contributed by atoms with van der Waals surface area (Å²) in [4.78, 5) is 19.4. The van der Waals surface area contributed by atoms with E-state index < -0.39 is 0 Å². The third kappa shape index (κ3) is 4.75. The number of anilines is 1. The normalized spacial score (nSPS) is 10.8. The van der Waals surface area contributed by atoms with E-state index in [4.69, 9.17) is 14.3 Å². The molecule has 2 rings (SSSR count). The highest BCUT2D eigenvalue weighted by molar-refractivity contribution is 5.94. The quantitative estimate of drug-likeness (QED) is 0.536. The Morgan fingerprint density at radius 2 is 1.81 bits per heavy atom. The van der Waals surface area contributed by atoms with Crippen LogP contribution in [0.25, 0.3) is 0 Å². The molecule has 2 aromatic rings. The van der Waals surface area contributed by atoms with Crippen LogP contribution in [-0.2, 0) is 9.63 Å². The highest BCUT2D eigenvalue weighted by atomic mass is 16.6. The minimum absolute atomic E-state index is 0.0101. The molecule has 0 aliphatic heterocycles. The van der Waals surface area contributed by atoms with Gasteiger partial charge in [-0.05, 0) is 38.1 Å². The number of carbonyl (C=O) groups excluding carboxylic acids is 1. The van der Waals surface area contributed by atoms with E-state index in [1.807, 2.05) is 56.3 Å². The van der Waals surface area contributed by atoms with Crippen LogP contribution in [0.3, 0.4) is 0 Å². The van der Waals surface area contributed by atoms with Crippen LogP contribution in [0.15, 0.2) is 53.7 Å². The molecule has 6 heteroatoms. The van der Waals surface area contributed by atoms with E-state index in [1.54, 1.807) is 25.2 Å². The lowest BCUT2D eigenvalue weighted by Gasteiger charge is -2.26. The van der Waals surface area contributed by atoms with Gasteiger partial charge >= 0.3 is 0 Å². The van der Waals surface area contributed by atoms with Gasteiger partial charge in [0, 0.05) is 17.3 Å². The summed E-state index contributed by atoms with van der Waals surface area (Å²) in [5.41, 5.74) is 1.53. The second kappa shape index (κ2) is 9.46. The summed E-state index contributed by atoms with van der Waals surface area (Å²) in [5, 5.41) is 3.89. The van der Waals surface area contributed by atoms with Crippen LogP contribution in [0.5, 0.6) is 11.5 Å². The summed E-state index contributed by atoms with van der Waals surface area (Å²) in [6.07, 6.45) is 1.50. The molecule has 0 aliphatic rings. The van der Waals surface area contributed by atoms with E-state index in [0.717, 1.165) is 5.69 Å². The monoisotopic (exact) mass is 356 g/mol. The summed E-state index contributed by atoms with van der Waals surface area (Å²) >= 11 is 0. The largest absolute Gasteiger partial charge is 0.493 e. The lowest BCUT2D eigenvalue weighted by atomic mass is 10.2. The van der Waals surface area contributed by atoms with Crippen LogP contribution in [-0.4, -0.2) is 39.0 Å². The zero-order chi connectivity index (χ0) is 18.9. The Morgan fingerprint density at radius 3 is 2.42 bits per heavy atom. The minimum atomic E-state index is -0.166. The predicted molar refractivity (Wildman–Crippen MR) is 102 cm³/mol. The smallest absolute Gasteiger partial charge is 0.267 e. The first kappa shape index (κ1) is 19.3. The average molecular weight is 356 g/mol. The molecule has 0 aliphatic carbocycles. The first-order valence-electron chi connectivity index (χ1n) is 8.32. The zero-order valence-electron chi connectivity index (χ0n) is 15.5. The van der Waals surface area contributed by atoms with Crippen LogP contribution < -0.4 is 14.4 Å². The number of benzene rings is 2. The van der Waals surface area contributed by atoms with Crippen molar-refractivity contribution in [2.75, 3.05) is 25.7 Å². The zero-order valence-corrected chi connectivity index (χ0v) is 15.5. The minimum Gasteiger partial charge on any atom is -0.493 e. The van der Waals surface area contributed by atoms with Gasteiger partial charge in [0.1, 0.15) is 0 Å². The summed E-state index contributed by atoms with van der Waals surface area (Å²) < 4.78 is 10.6. The number of carbonyl (C=O) groups is 1. The molecule has 0 radical (unpaired) electrons. The molecule has 0 heterocycles. The number of ether oxygens (including phenoxy) is 2. The third-order valence-corrected chi connectivity index (χ3v) is 3.71. The van der Waals surface area contributed by atoms with Gasteiger partial charge in [-0.25, -0.2) is 0 Å². The summed E-state index contributed by atoms with van der Waals surface area (Å²) in [7, 11) is 3.12. The van der Waals surface area contributed by atoms with E-state index in [-0.39, 0.29) is 18.6 Å². The fraction of sp³-hybridized carbons (Fsp3) is 0.300. The molecule has 138 valence electrons. The summed E-state index contributed by atoms with van der Waals surface area (Å²) in [6.45, 7) is 3.75. The van der Waals surface area contributed by atoms with Crippen LogP contribution >= 0.6 is 0 Å². The maximum absolute atomic E-state index is 12.5. The molecule has 0 saturated heterocycles. The van der Waals surface area contributed by atoms with Crippen molar-refractivity contribution in [2.24, 2.45) is 5.16 Å².